The molecule has 0 saturated carbocycles. The molecule has 0 spiro atoms. The molecule has 1 saturated heterocycles. The van der Waals surface area contributed by atoms with E-state index in [1.807, 2.05) is 0 Å². The van der Waals surface area contributed by atoms with Crippen molar-refractivity contribution >= 4 is 17.7 Å². The van der Waals surface area contributed by atoms with Crippen molar-refractivity contribution in [2.45, 2.75) is 18.0 Å². The highest BCUT2D eigenvalue weighted by Gasteiger charge is 2.28. The Kier molecular flexibility index (Phi) is 4.06. The molecule has 14 heavy (non-hydrogen) atoms. The minimum atomic E-state index is -4.21. The fraction of sp³-hybridized carbons (Fsp3) is 0.857. The van der Waals surface area contributed by atoms with E-state index in [0.29, 0.717) is 0 Å². The number of thioether (sulfide) groups is 1. The number of nitrogens with one attached hydrogen (secondary N) is 2. The number of carbonyl (C=O) groups excluding carboxylic acids is 1. The molecular formula is C7H11F3N2OS. The van der Waals surface area contributed by atoms with Crippen LogP contribution >= 0.6 is 11.8 Å². The van der Waals surface area contributed by atoms with Crippen LogP contribution in [-0.4, -0.2) is 36.3 Å². The van der Waals surface area contributed by atoms with E-state index in [9.17, 15) is 18.0 Å². The summed E-state index contributed by atoms with van der Waals surface area (Å²) < 4.78 is 35.0. The Bertz CT molecular complexity index is 206. The first kappa shape index (κ1) is 11.6. The van der Waals surface area contributed by atoms with Crippen molar-refractivity contribution in [3.8, 4) is 0 Å². The van der Waals surface area contributed by atoms with Crippen LogP contribution < -0.4 is 10.6 Å². The van der Waals surface area contributed by atoms with Gasteiger partial charge in [-0.15, -0.1) is 0 Å². The SMILES string of the molecule is O=C(NCCSC(F)(F)F)[C@H]1CCN1. The van der Waals surface area contributed by atoms with E-state index in [1.54, 1.807) is 0 Å². The van der Waals surface area contributed by atoms with Crippen LogP contribution in [-0.2, 0) is 4.79 Å². The second-order valence-electron chi connectivity index (χ2n) is 2.88. The Hall–Kier alpha value is -0.430. The van der Waals surface area contributed by atoms with Crippen molar-refractivity contribution in [3.05, 3.63) is 0 Å². The molecule has 1 amide bonds. The Balaban J connectivity index is 2.00. The molecule has 1 aliphatic heterocycles. The van der Waals surface area contributed by atoms with Gasteiger partial charge in [0.15, 0.2) is 0 Å². The molecule has 1 aliphatic rings. The summed E-state index contributed by atoms with van der Waals surface area (Å²) in [6, 6.07) is -0.203. The lowest BCUT2D eigenvalue weighted by Crippen LogP contribution is -2.53. The third kappa shape index (κ3) is 4.19. The van der Waals surface area contributed by atoms with Crippen LogP contribution in [0.25, 0.3) is 0 Å². The zero-order chi connectivity index (χ0) is 10.6. The Morgan fingerprint density at radius 1 is 1.57 bits per heavy atom. The number of hydrogen-bond acceptors (Lipinski definition) is 3. The lowest BCUT2D eigenvalue weighted by atomic mass is 10.1. The molecule has 0 aromatic heterocycles. The van der Waals surface area contributed by atoms with Crippen LogP contribution in [0.1, 0.15) is 6.42 Å². The van der Waals surface area contributed by atoms with Gasteiger partial charge in [-0.25, -0.2) is 0 Å². The number of hydrogen-bond donors (Lipinski definition) is 2. The first-order chi connectivity index (χ1) is 6.49. The number of alkyl halides is 3. The molecule has 82 valence electrons. The van der Waals surface area contributed by atoms with Crippen molar-refractivity contribution in [3.63, 3.8) is 0 Å². The Labute approximate surface area is 83.8 Å². The number of carbonyl (C=O) groups is 1. The second kappa shape index (κ2) is 4.88. The maximum atomic E-state index is 11.7. The van der Waals surface area contributed by atoms with Crippen LogP contribution in [0.2, 0.25) is 0 Å². The highest BCUT2D eigenvalue weighted by Crippen LogP contribution is 2.29. The zero-order valence-corrected chi connectivity index (χ0v) is 8.17. The third-order valence-electron chi connectivity index (χ3n) is 1.81. The zero-order valence-electron chi connectivity index (χ0n) is 7.36. The molecular weight excluding hydrogens is 217 g/mol. The summed E-state index contributed by atoms with van der Waals surface area (Å²) in [4.78, 5) is 11.1. The summed E-state index contributed by atoms with van der Waals surface area (Å²) >= 11 is -0.122. The van der Waals surface area contributed by atoms with Crippen LogP contribution in [0.15, 0.2) is 0 Å². The topological polar surface area (TPSA) is 41.1 Å². The van der Waals surface area contributed by atoms with Crippen LogP contribution in [0, 0.1) is 0 Å². The molecule has 0 aromatic rings. The first-order valence-electron chi connectivity index (χ1n) is 4.21. The molecule has 7 heteroatoms. The predicted molar refractivity (Wildman–Crippen MR) is 47.9 cm³/mol. The van der Waals surface area contributed by atoms with E-state index in [-0.39, 0.29) is 36.0 Å². The van der Waals surface area contributed by atoms with Crippen molar-refractivity contribution in [1.29, 1.82) is 0 Å². The van der Waals surface area contributed by atoms with Gasteiger partial charge in [0.1, 0.15) is 0 Å². The van der Waals surface area contributed by atoms with Gasteiger partial charge in [0.05, 0.1) is 6.04 Å². The lowest BCUT2D eigenvalue weighted by molar-refractivity contribution is -0.124. The van der Waals surface area contributed by atoms with Gasteiger partial charge in [0.25, 0.3) is 0 Å². The summed E-state index contributed by atoms with van der Waals surface area (Å²) in [5, 5.41) is 5.30. The van der Waals surface area contributed by atoms with Crippen molar-refractivity contribution in [1.82, 2.24) is 10.6 Å². The fourth-order valence-corrected chi connectivity index (χ4v) is 1.41. The van der Waals surface area contributed by atoms with Gasteiger partial charge in [-0.3, -0.25) is 4.79 Å². The van der Waals surface area contributed by atoms with E-state index in [4.69, 9.17) is 0 Å². The van der Waals surface area contributed by atoms with Crippen LogP contribution in [0.4, 0.5) is 13.2 Å². The van der Waals surface area contributed by atoms with Crippen molar-refractivity contribution < 1.29 is 18.0 Å². The third-order valence-corrected chi connectivity index (χ3v) is 2.54. The molecule has 0 aromatic carbocycles. The molecule has 0 aliphatic carbocycles. The minimum Gasteiger partial charge on any atom is -0.354 e. The average molecular weight is 228 g/mol. The quantitative estimate of drug-likeness (QED) is 0.696. The fourth-order valence-electron chi connectivity index (χ4n) is 0.977. The highest BCUT2D eigenvalue weighted by molar-refractivity contribution is 8.00. The van der Waals surface area contributed by atoms with Crippen LogP contribution in [0.3, 0.4) is 0 Å². The standard InChI is InChI=1S/C7H11F3N2OS/c8-7(9,10)14-4-3-12-6(13)5-1-2-11-5/h5,11H,1-4H2,(H,12,13)/t5-/m1/s1. The van der Waals surface area contributed by atoms with Gasteiger partial charge in [-0.2, -0.15) is 13.2 Å². The van der Waals surface area contributed by atoms with Gasteiger partial charge in [-0.05, 0) is 24.7 Å². The highest BCUT2D eigenvalue weighted by atomic mass is 32.2. The molecule has 0 radical (unpaired) electrons. The summed E-state index contributed by atoms with van der Waals surface area (Å²) in [5.41, 5.74) is -4.21. The molecule has 2 N–H and O–H groups in total. The van der Waals surface area contributed by atoms with Gasteiger partial charge in [0, 0.05) is 12.3 Å². The van der Waals surface area contributed by atoms with E-state index < -0.39 is 5.51 Å². The molecule has 1 heterocycles. The van der Waals surface area contributed by atoms with E-state index in [0.717, 1.165) is 13.0 Å². The van der Waals surface area contributed by atoms with E-state index in [1.165, 1.54) is 0 Å². The summed E-state index contributed by atoms with van der Waals surface area (Å²) in [5.74, 6) is -0.346. The summed E-state index contributed by atoms with van der Waals surface area (Å²) in [6.07, 6.45) is 0.762. The molecule has 1 atom stereocenters. The normalized spacial score (nSPS) is 21.5. The maximum Gasteiger partial charge on any atom is 0.441 e. The first-order valence-corrected chi connectivity index (χ1v) is 5.19. The lowest BCUT2D eigenvalue weighted by Gasteiger charge is -2.26. The van der Waals surface area contributed by atoms with E-state index >= 15 is 0 Å². The van der Waals surface area contributed by atoms with Crippen molar-refractivity contribution in [2.75, 3.05) is 18.8 Å². The molecule has 1 fully saturated rings. The largest absolute Gasteiger partial charge is 0.441 e. The van der Waals surface area contributed by atoms with Gasteiger partial charge in [0.2, 0.25) is 5.91 Å². The van der Waals surface area contributed by atoms with Crippen LogP contribution in [0.5, 0.6) is 0 Å². The Morgan fingerprint density at radius 2 is 2.21 bits per heavy atom. The van der Waals surface area contributed by atoms with Crippen molar-refractivity contribution in [2.24, 2.45) is 0 Å². The smallest absolute Gasteiger partial charge is 0.354 e. The predicted octanol–water partition coefficient (Wildman–Crippen LogP) is 0.718. The summed E-state index contributed by atoms with van der Waals surface area (Å²) in [6.45, 7) is 0.858. The monoisotopic (exact) mass is 228 g/mol. The van der Waals surface area contributed by atoms with Gasteiger partial charge >= 0.3 is 5.51 Å². The average Bonchev–Trinajstić information content (AvgIpc) is 1.92. The Morgan fingerprint density at radius 3 is 2.64 bits per heavy atom. The van der Waals surface area contributed by atoms with Gasteiger partial charge in [-0.1, -0.05) is 0 Å². The molecule has 0 unspecified atom stereocenters. The minimum absolute atomic E-state index is 0.0567. The number of amides is 1. The number of halogens is 3. The number of rotatable bonds is 4. The maximum absolute atomic E-state index is 11.7. The second-order valence-corrected chi connectivity index (χ2v) is 4.04. The van der Waals surface area contributed by atoms with E-state index in [2.05, 4.69) is 10.6 Å². The summed E-state index contributed by atoms with van der Waals surface area (Å²) in [7, 11) is 0. The molecule has 0 bridgehead atoms. The molecule has 3 nitrogen and oxygen atoms in total. The molecule has 1 rings (SSSR count). The van der Waals surface area contributed by atoms with Gasteiger partial charge < -0.3 is 10.6 Å².